The molecule has 1 aromatic carbocycles. The Morgan fingerprint density at radius 2 is 1.92 bits per heavy atom. The van der Waals surface area contributed by atoms with E-state index in [1.807, 2.05) is 44.2 Å². The Hall–Kier alpha value is -1.88. The molecule has 1 heterocycles. The highest BCUT2D eigenvalue weighted by atomic mass is 16.5. The number of benzene rings is 1. The van der Waals surface area contributed by atoms with Crippen LogP contribution in [0.4, 0.5) is 0 Å². The first-order valence-corrected chi connectivity index (χ1v) is 8.90. The summed E-state index contributed by atoms with van der Waals surface area (Å²) in [6.45, 7) is 5.86. The fraction of sp³-hybridized carbons (Fsp3) is 0.579. The van der Waals surface area contributed by atoms with E-state index in [1.165, 1.54) is 0 Å². The molecule has 2 rings (SSSR count). The average molecular weight is 332 g/mol. The molecule has 1 N–H and O–H groups in total. The number of hydrogen-bond donors (Lipinski definition) is 1. The Morgan fingerprint density at radius 1 is 1.21 bits per heavy atom. The lowest BCUT2D eigenvalue weighted by molar-refractivity contribution is -0.137. The standard InChI is InChI=1S/C19H28N2O3/c1-3-21(4-2)19(23)18(15-10-6-5-7-11-15)20-17(22)14-16-12-8-9-13-24-16/h5-7,10-11,16,18H,3-4,8-9,12-14H2,1-2H3,(H,20,22). The highest BCUT2D eigenvalue weighted by Gasteiger charge is 2.27. The number of carbonyl (C=O) groups excluding carboxylic acids is 2. The summed E-state index contributed by atoms with van der Waals surface area (Å²) >= 11 is 0. The fourth-order valence-electron chi connectivity index (χ4n) is 3.05. The van der Waals surface area contributed by atoms with Crippen LogP contribution in [0.2, 0.25) is 0 Å². The van der Waals surface area contributed by atoms with Crippen molar-refractivity contribution in [2.45, 2.75) is 51.7 Å². The van der Waals surface area contributed by atoms with E-state index in [-0.39, 0.29) is 17.9 Å². The summed E-state index contributed by atoms with van der Waals surface area (Å²) in [5, 5.41) is 2.92. The Kier molecular flexibility index (Phi) is 7.25. The fourth-order valence-corrected chi connectivity index (χ4v) is 3.05. The van der Waals surface area contributed by atoms with Gasteiger partial charge in [-0.3, -0.25) is 9.59 Å². The van der Waals surface area contributed by atoms with Crippen molar-refractivity contribution in [2.24, 2.45) is 0 Å². The summed E-state index contributed by atoms with van der Waals surface area (Å²) in [7, 11) is 0. The second-order valence-electron chi connectivity index (χ2n) is 6.11. The van der Waals surface area contributed by atoms with Gasteiger partial charge in [0.2, 0.25) is 11.8 Å². The number of ether oxygens (including phenoxy) is 1. The molecule has 5 heteroatoms. The summed E-state index contributed by atoms with van der Waals surface area (Å²) in [6.07, 6.45) is 3.35. The molecule has 1 fully saturated rings. The summed E-state index contributed by atoms with van der Waals surface area (Å²) in [5.74, 6) is -0.194. The number of amides is 2. The van der Waals surface area contributed by atoms with Gasteiger partial charge in [-0.05, 0) is 38.7 Å². The van der Waals surface area contributed by atoms with E-state index in [4.69, 9.17) is 4.74 Å². The quantitative estimate of drug-likeness (QED) is 0.835. The Balaban J connectivity index is 2.07. The maximum atomic E-state index is 12.8. The van der Waals surface area contributed by atoms with Crippen molar-refractivity contribution in [2.75, 3.05) is 19.7 Å². The van der Waals surface area contributed by atoms with Crippen molar-refractivity contribution < 1.29 is 14.3 Å². The van der Waals surface area contributed by atoms with Crippen molar-refractivity contribution in [1.82, 2.24) is 10.2 Å². The van der Waals surface area contributed by atoms with Crippen LogP contribution in [0.5, 0.6) is 0 Å². The second kappa shape index (κ2) is 9.42. The summed E-state index contributed by atoms with van der Waals surface area (Å²) in [6, 6.07) is 8.79. The largest absolute Gasteiger partial charge is 0.378 e. The minimum atomic E-state index is -0.637. The molecule has 5 nitrogen and oxygen atoms in total. The van der Waals surface area contributed by atoms with Crippen LogP contribution in [0.1, 0.15) is 51.1 Å². The first-order valence-electron chi connectivity index (χ1n) is 8.90. The molecule has 0 bridgehead atoms. The zero-order valence-electron chi connectivity index (χ0n) is 14.7. The molecule has 0 radical (unpaired) electrons. The van der Waals surface area contributed by atoms with Gasteiger partial charge in [0.25, 0.3) is 0 Å². The highest BCUT2D eigenvalue weighted by molar-refractivity contribution is 5.88. The average Bonchev–Trinajstić information content (AvgIpc) is 2.62. The Morgan fingerprint density at radius 3 is 2.50 bits per heavy atom. The van der Waals surface area contributed by atoms with Gasteiger partial charge in [0.1, 0.15) is 6.04 Å². The third kappa shape index (κ3) is 5.06. The minimum Gasteiger partial charge on any atom is -0.378 e. The first-order chi connectivity index (χ1) is 11.7. The first kappa shape index (κ1) is 18.5. The molecule has 24 heavy (non-hydrogen) atoms. The predicted octanol–water partition coefficient (Wildman–Crippen LogP) is 2.67. The molecular weight excluding hydrogens is 304 g/mol. The number of rotatable bonds is 7. The van der Waals surface area contributed by atoms with E-state index in [0.717, 1.165) is 31.4 Å². The van der Waals surface area contributed by atoms with Crippen LogP contribution < -0.4 is 5.32 Å². The highest BCUT2D eigenvalue weighted by Crippen LogP contribution is 2.19. The second-order valence-corrected chi connectivity index (χ2v) is 6.11. The smallest absolute Gasteiger partial charge is 0.249 e. The molecule has 0 spiro atoms. The number of nitrogens with one attached hydrogen (secondary N) is 1. The molecule has 1 aliphatic rings. The summed E-state index contributed by atoms with van der Waals surface area (Å²) in [5.41, 5.74) is 0.812. The maximum absolute atomic E-state index is 12.8. The van der Waals surface area contributed by atoms with E-state index in [9.17, 15) is 9.59 Å². The van der Waals surface area contributed by atoms with Gasteiger partial charge in [-0.15, -0.1) is 0 Å². The molecule has 0 aliphatic carbocycles. The van der Waals surface area contributed by atoms with E-state index in [0.29, 0.717) is 19.5 Å². The van der Waals surface area contributed by atoms with Gasteiger partial charge in [-0.2, -0.15) is 0 Å². The van der Waals surface area contributed by atoms with Gasteiger partial charge in [0.15, 0.2) is 0 Å². The zero-order valence-corrected chi connectivity index (χ0v) is 14.7. The number of carbonyl (C=O) groups is 2. The molecule has 1 aromatic rings. The third-order valence-corrected chi connectivity index (χ3v) is 4.45. The summed E-state index contributed by atoms with van der Waals surface area (Å²) in [4.78, 5) is 27.0. The van der Waals surface area contributed by atoms with Crippen LogP contribution in [-0.4, -0.2) is 42.5 Å². The van der Waals surface area contributed by atoms with Gasteiger partial charge < -0.3 is 15.0 Å². The molecular formula is C19H28N2O3. The molecule has 2 amide bonds. The molecule has 1 saturated heterocycles. The summed E-state index contributed by atoms with van der Waals surface area (Å²) < 4.78 is 5.63. The van der Waals surface area contributed by atoms with Gasteiger partial charge >= 0.3 is 0 Å². The van der Waals surface area contributed by atoms with E-state index < -0.39 is 6.04 Å². The monoisotopic (exact) mass is 332 g/mol. The van der Waals surface area contributed by atoms with Crippen LogP contribution in [0.3, 0.4) is 0 Å². The van der Waals surface area contributed by atoms with Crippen molar-refractivity contribution >= 4 is 11.8 Å². The minimum absolute atomic E-state index is 0.0290. The molecule has 2 atom stereocenters. The van der Waals surface area contributed by atoms with Gasteiger partial charge in [0.05, 0.1) is 12.5 Å². The van der Waals surface area contributed by atoms with Crippen LogP contribution in [0, 0.1) is 0 Å². The van der Waals surface area contributed by atoms with Crippen LogP contribution in [0.15, 0.2) is 30.3 Å². The predicted molar refractivity (Wildman–Crippen MR) is 93.5 cm³/mol. The van der Waals surface area contributed by atoms with Crippen molar-refractivity contribution in [3.05, 3.63) is 35.9 Å². The van der Waals surface area contributed by atoms with Gasteiger partial charge in [-0.25, -0.2) is 0 Å². The third-order valence-electron chi connectivity index (χ3n) is 4.45. The van der Waals surface area contributed by atoms with Gasteiger partial charge in [-0.1, -0.05) is 30.3 Å². The number of likely N-dealkylation sites (N-methyl/N-ethyl adjacent to an activating group) is 1. The SMILES string of the molecule is CCN(CC)C(=O)C(NC(=O)CC1CCCCO1)c1ccccc1. The zero-order chi connectivity index (χ0) is 17.4. The van der Waals surface area contributed by atoms with Crippen molar-refractivity contribution in [3.8, 4) is 0 Å². The van der Waals surface area contributed by atoms with Gasteiger partial charge in [0, 0.05) is 19.7 Å². The number of hydrogen-bond acceptors (Lipinski definition) is 3. The molecule has 0 saturated carbocycles. The van der Waals surface area contributed by atoms with Crippen molar-refractivity contribution in [3.63, 3.8) is 0 Å². The lowest BCUT2D eigenvalue weighted by Gasteiger charge is -2.27. The topological polar surface area (TPSA) is 58.6 Å². The molecule has 132 valence electrons. The molecule has 0 aromatic heterocycles. The van der Waals surface area contributed by atoms with Crippen LogP contribution in [-0.2, 0) is 14.3 Å². The normalized spacial score (nSPS) is 18.7. The van der Waals surface area contributed by atoms with Crippen LogP contribution >= 0.6 is 0 Å². The Bertz CT molecular complexity index is 523. The van der Waals surface area contributed by atoms with E-state index >= 15 is 0 Å². The van der Waals surface area contributed by atoms with E-state index in [1.54, 1.807) is 4.90 Å². The van der Waals surface area contributed by atoms with Crippen LogP contribution in [0.25, 0.3) is 0 Å². The lowest BCUT2D eigenvalue weighted by atomic mass is 10.0. The number of nitrogens with zero attached hydrogens (tertiary/aromatic N) is 1. The van der Waals surface area contributed by atoms with E-state index in [2.05, 4.69) is 5.32 Å². The lowest BCUT2D eigenvalue weighted by Crippen LogP contribution is -2.43. The Labute approximate surface area is 144 Å². The maximum Gasteiger partial charge on any atom is 0.249 e. The van der Waals surface area contributed by atoms with Crippen molar-refractivity contribution in [1.29, 1.82) is 0 Å². The molecule has 1 aliphatic heterocycles. The molecule has 2 unspecified atom stereocenters.